The number of β-amino-alcohol motifs (C(OH)–C–C–N with tert-alkyl or cyclic N) is 1. The molecule has 0 aromatic rings. The highest BCUT2D eigenvalue weighted by molar-refractivity contribution is 4.81. The summed E-state index contributed by atoms with van der Waals surface area (Å²) in [6.45, 7) is 9.93. The Morgan fingerprint density at radius 1 is 1.29 bits per heavy atom. The minimum Gasteiger partial charge on any atom is -0.392 e. The summed E-state index contributed by atoms with van der Waals surface area (Å²) in [4.78, 5) is 2.41. The van der Waals surface area contributed by atoms with E-state index in [9.17, 15) is 5.11 Å². The zero-order chi connectivity index (χ0) is 10.6. The molecule has 1 unspecified atom stereocenters. The zero-order valence-corrected chi connectivity index (χ0v) is 9.92. The molecule has 0 aliphatic carbocycles. The third kappa shape index (κ3) is 3.25. The molecule has 14 heavy (non-hydrogen) atoms. The molecule has 0 spiro atoms. The van der Waals surface area contributed by atoms with Crippen LogP contribution in [-0.4, -0.2) is 35.7 Å². The lowest BCUT2D eigenvalue weighted by Crippen LogP contribution is -2.41. The van der Waals surface area contributed by atoms with Gasteiger partial charge in [0.1, 0.15) is 0 Å². The number of aliphatic hydroxyl groups is 1. The lowest BCUT2D eigenvalue weighted by molar-refractivity contribution is 0.0614. The molecule has 2 heteroatoms. The van der Waals surface area contributed by atoms with Crippen molar-refractivity contribution in [3.8, 4) is 0 Å². The first-order chi connectivity index (χ1) is 6.59. The largest absolute Gasteiger partial charge is 0.392 e. The molecule has 0 aromatic carbocycles. The van der Waals surface area contributed by atoms with Crippen LogP contribution >= 0.6 is 0 Å². The first-order valence-electron chi connectivity index (χ1n) is 6.00. The van der Waals surface area contributed by atoms with Gasteiger partial charge in [0.15, 0.2) is 0 Å². The lowest BCUT2D eigenvalue weighted by atomic mass is 9.78. The highest BCUT2D eigenvalue weighted by atomic mass is 16.3. The van der Waals surface area contributed by atoms with Gasteiger partial charge in [0, 0.05) is 6.54 Å². The van der Waals surface area contributed by atoms with E-state index >= 15 is 0 Å². The van der Waals surface area contributed by atoms with Crippen molar-refractivity contribution in [3.63, 3.8) is 0 Å². The zero-order valence-electron chi connectivity index (χ0n) is 9.92. The Bertz CT molecular complexity index is 162. The first kappa shape index (κ1) is 12.0. The van der Waals surface area contributed by atoms with Gasteiger partial charge in [-0.1, -0.05) is 27.2 Å². The second-order valence-corrected chi connectivity index (χ2v) is 5.03. The summed E-state index contributed by atoms with van der Waals surface area (Å²) in [5.41, 5.74) is 0.563. The summed E-state index contributed by atoms with van der Waals surface area (Å²) in [5, 5.41) is 9.56. The van der Waals surface area contributed by atoms with E-state index in [0.717, 1.165) is 13.0 Å². The van der Waals surface area contributed by atoms with E-state index in [-0.39, 0.29) is 6.10 Å². The van der Waals surface area contributed by atoms with Crippen molar-refractivity contribution >= 4 is 0 Å². The van der Waals surface area contributed by atoms with Gasteiger partial charge in [0.05, 0.1) is 6.10 Å². The molecule has 0 aromatic heterocycles. The summed E-state index contributed by atoms with van der Waals surface area (Å²) >= 11 is 0. The van der Waals surface area contributed by atoms with Gasteiger partial charge in [-0.2, -0.15) is 0 Å². The maximum atomic E-state index is 9.56. The summed E-state index contributed by atoms with van der Waals surface area (Å²) in [6.07, 6.45) is 4.62. The molecule has 2 nitrogen and oxygen atoms in total. The van der Waals surface area contributed by atoms with Crippen molar-refractivity contribution in [1.82, 2.24) is 4.90 Å². The van der Waals surface area contributed by atoms with Crippen LogP contribution < -0.4 is 0 Å². The van der Waals surface area contributed by atoms with E-state index in [0.29, 0.717) is 5.41 Å². The summed E-state index contributed by atoms with van der Waals surface area (Å²) < 4.78 is 0. The molecule has 0 amide bonds. The van der Waals surface area contributed by atoms with Gasteiger partial charge in [-0.05, 0) is 37.8 Å². The SMILES string of the molecule is CCC(O)CN1CCC(C)(CC)CC1. The van der Waals surface area contributed by atoms with Gasteiger partial charge < -0.3 is 10.0 Å². The smallest absolute Gasteiger partial charge is 0.0664 e. The highest BCUT2D eigenvalue weighted by Crippen LogP contribution is 2.33. The number of aliphatic hydroxyl groups excluding tert-OH is 1. The van der Waals surface area contributed by atoms with Crippen LogP contribution in [0.1, 0.15) is 46.5 Å². The van der Waals surface area contributed by atoms with Gasteiger partial charge in [0.2, 0.25) is 0 Å². The van der Waals surface area contributed by atoms with E-state index in [2.05, 4.69) is 18.7 Å². The van der Waals surface area contributed by atoms with E-state index < -0.39 is 0 Å². The Labute approximate surface area is 88.3 Å². The molecule has 1 atom stereocenters. The van der Waals surface area contributed by atoms with E-state index in [1.165, 1.54) is 32.4 Å². The monoisotopic (exact) mass is 199 g/mol. The minimum absolute atomic E-state index is 0.124. The van der Waals surface area contributed by atoms with E-state index in [4.69, 9.17) is 0 Å². The van der Waals surface area contributed by atoms with Crippen molar-refractivity contribution in [3.05, 3.63) is 0 Å². The Kier molecular flexibility index (Phi) is 4.39. The summed E-state index contributed by atoms with van der Waals surface area (Å²) in [6, 6.07) is 0. The predicted molar refractivity (Wildman–Crippen MR) is 60.4 cm³/mol. The molecular formula is C12H25NO. The molecule has 0 saturated carbocycles. The van der Waals surface area contributed by atoms with Crippen LogP contribution in [0.15, 0.2) is 0 Å². The number of hydrogen-bond acceptors (Lipinski definition) is 2. The van der Waals surface area contributed by atoms with E-state index in [1.54, 1.807) is 0 Å². The van der Waals surface area contributed by atoms with Crippen LogP contribution in [-0.2, 0) is 0 Å². The number of rotatable bonds is 4. The van der Waals surface area contributed by atoms with Crippen LogP contribution in [0.5, 0.6) is 0 Å². The second-order valence-electron chi connectivity index (χ2n) is 5.03. The maximum Gasteiger partial charge on any atom is 0.0664 e. The Morgan fingerprint density at radius 2 is 1.86 bits per heavy atom. The standard InChI is InChI=1S/C12H25NO/c1-4-11(14)10-13-8-6-12(3,5-2)7-9-13/h11,14H,4-10H2,1-3H3. The third-order valence-corrected chi connectivity index (χ3v) is 3.86. The van der Waals surface area contributed by atoms with Crippen molar-refractivity contribution in [2.75, 3.05) is 19.6 Å². The average Bonchev–Trinajstić information content (AvgIpc) is 2.21. The normalized spacial score (nSPS) is 24.9. The molecule has 1 N–H and O–H groups in total. The minimum atomic E-state index is -0.124. The molecule has 1 rings (SSSR count). The van der Waals surface area contributed by atoms with Crippen LogP contribution in [0.25, 0.3) is 0 Å². The molecule has 1 saturated heterocycles. The van der Waals surface area contributed by atoms with Gasteiger partial charge in [-0.3, -0.25) is 0 Å². The molecule has 1 fully saturated rings. The Morgan fingerprint density at radius 3 is 2.29 bits per heavy atom. The summed E-state index contributed by atoms with van der Waals surface area (Å²) in [7, 11) is 0. The molecule has 84 valence electrons. The summed E-state index contributed by atoms with van der Waals surface area (Å²) in [5.74, 6) is 0. The van der Waals surface area contributed by atoms with Crippen LogP contribution in [0.4, 0.5) is 0 Å². The van der Waals surface area contributed by atoms with Gasteiger partial charge in [0.25, 0.3) is 0 Å². The molecule has 0 radical (unpaired) electrons. The van der Waals surface area contributed by atoms with Crippen LogP contribution in [0.3, 0.4) is 0 Å². The molecule has 1 aliphatic heterocycles. The molecule has 0 bridgehead atoms. The molecular weight excluding hydrogens is 174 g/mol. The van der Waals surface area contributed by atoms with Crippen molar-refractivity contribution in [2.24, 2.45) is 5.41 Å². The Hall–Kier alpha value is -0.0800. The maximum absolute atomic E-state index is 9.56. The fraction of sp³-hybridized carbons (Fsp3) is 1.00. The first-order valence-corrected chi connectivity index (χ1v) is 6.00. The molecule has 1 aliphatic rings. The van der Waals surface area contributed by atoms with Gasteiger partial charge in [-0.15, -0.1) is 0 Å². The van der Waals surface area contributed by atoms with Gasteiger partial charge in [-0.25, -0.2) is 0 Å². The number of nitrogens with zero attached hydrogens (tertiary/aromatic N) is 1. The number of hydrogen-bond donors (Lipinski definition) is 1. The number of piperidine rings is 1. The van der Waals surface area contributed by atoms with Crippen LogP contribution in [0, 0.1) is 5.41 Å². The lowest BCUT2D eigenvalue weighted by Gasteiger charge is -2.39. The number of likely N-dealkylation sites (tertiary alicyclic amines) is 1. The van der Waals surface area contributed by atoms with Crippen LogP contribution in [0.2, 0.25) is 0 Å². The quantitative estimate of drug-likeness (QED) is 0.751. The average molecular weight is 199 g/mol. The van der Waals surface area contributed by atoms with Crippen molar-refractivity contribution in [2.45, 2.75) is 52.6 Å². The topological polar surface area (TPSA) is 23.5 Å². The van der Waals surface area contributed by atoms with Crippen molar-refractivity contribution in [1.29, 1.82) is 0 Å². The fourth-order valence-electron chi connectivity index (χ4n) is 2.06. The Balaban J connectivity index is 2.29. The second kappa shape index (κ2) is 5.13. The van der Waals surface area contributed by atoms with Crippen molar-refractivity contribution < 1.29 is 5.11 Å². The van der Waals surface area contributed by atoms with Gasteiger partial charge >= 0.3 is 0 Å². The highest BCUT2D eigenvalue weighted by Gasteiger charge is 2.28. The third-order valence-electron chi connectivity index (χ3n) is 3.86. The fourth-order valence-corrected chi connectivity index (χ4v) is 2.06. The molecule has 1 heterocycles. The van der Waals surface area contributed by atoms with E-state index in [1.807, 2.05) is 6.92 Å². The predicted octanol–water partition coefficient (Wildman–Crippen LogP) is 2.27.